The number of hydrogen-bond acceptors (Lipinski definition) is 2. The molecule has 1 atom stereocenters. The van der Waals surface area contributed by atoms with E-state index >= 15 is 0 Å². The van der Waals surface area contributed by atoms with Crippen LogP contribution in [0.3, 0.4) is 0 Å². The van der Waals surface area contributed by atoms with E-state index in [2.05, 4.69) is 200 Å². The van der Waals surface area contributed by atoms with Gasteiger partial charge in [0.2, 0.25) is 0 Å². The Morgan fingerprint density at radius 3 is 1.81 bits per heavy atom. The molecule has 1 nitrogen and oxygen atoms in total. The van der Waals surface area contributed by atoms with Crippen molar-refractivity contribution in [3.05, 3.63) is 217 Å². The zero-order valence-electron chi connectivity index (χ0n) is 29.6. The van der Waals surface area contributed by atoms with Crippen LogP contribution in [0.1, 0.15) is 29.2 Å². The summed E-state index contributed by atoms with van der Waals surface area (Å²) >= 11 is 1.87. The van der Waals surface area contributed by atoms with Crippen LogP contribution in [-0.4, -0.2) is 5.71 Å². The summed E-state index contributed by atoms with van der Waals surface area (Å²) in [4.78, 5) is 5.57. The first-order chi connectivity index (χ1) is 26.8. The fourth-order valence-corrected chi connectivity index (χ4v) is 9.19. The third kappa shape index (κ3) is 5.89. The summed E-state index contributed by atoms with van der Waals surface area (Å²) in [6.45, 7) is 0. The number of benzene rings is 8. The first-order valence-electron chi connectivity index (χ1n) is 18.5. The SMILES string of the molecule is C1=CC(c2cccc(-c3ccccc3)c2)=NC(c2cccc(-c3ccccc3)c2)CC=1c1cccc2cccc(-c3cccc4sc5ccccc5c34)c12. The van der Waals surface area contributed by atoms with E-state index in [1.54, 1.807) is 0 Å². The quantitative estimate of drug-likeness (QED) is 0.153. The van der Waals surface area contributed by atoms with Gasteiger partial charge in [-0.1, -0.05) is 164 Å². The Hall–Kier alpha value is -6.57. The Morgan fingerprint density at radius 2 is 1.04 bits per heavy atom. The van der Waals surface area contributed by atoms with Gasteiger partial charge in [0, 0.05) is 43.8 Å². The van der Waals surface area contributed by atoms with Crippen LogP contribution < -0.4 is 0 Å². The average molecular weight is 706 g/mol. The number of fused-ring (bicyclic) bond motifs is 4. The van der Waals surface area contributed by atoms with Crippen LogP contribution in [0.2, 0.25) is 0 Å². The molecule has 8 aromatic carbocycles. The largest absolute Gasteiger partial charge is 0.276 e. The van der Waals surface area contributed by atoms with Crippen LogP contribution in [0, 0.1) is 0 Å². The Labute approximate surface area is 319 Å². The van der Waals surface area contributed by atoms with Gasteiger partial charge < -0.3 is 0 Å². The van der Waals surface area contributed by atoms with Gasteiger partial charge in [0.1, 0.15) is 0 Å². The zero-order chi connectivity index (χ0) is 35.8. The smallest absolute Gasteiger partial charge is 0.0803 e. The molecule has 0 aliphatic carbocycles. The second-order valence-corrected chi connectivity index (χ2v) is 15.0. The molecular weight excluding hydrogens is 671 g/mol. The molecule has 0 bridgehead atoms. The maximum absolute atomic E-state index is 5.57. The highest BCUT2D eigenvalue weighted by atomic mass is 32.1. The molecule has 254 valence electrons. The molecule has 0 radical (unpaired) electrons. The standard InChI is InChI=1S/C52H35NS/c1-3-14-35(15-4-1)38-20-9-22-41(32-38)47-31-30-40(34-48(53-47)42-23-10-21-39(33-42)36-16-5-2-6-17-36)43-25-11-18-37-19-12-26-44(51(37)43)45-27-13-29-50-52(45)46-24-7-8-28-49(46)54-50/h1-29,31-33,48H,34H2. The van der Waals surface area contributed by atoms with Crippen molar-refractivity contribution in [1.82, 2.24) is 0 Å². The van der Waals surface area contributed by atoms with Crippen molar-refractivity contribution < 1.29 is 0 Å². The summed E-state index contributed by atoms with van der Waals surface area (Å²) in [6, 6.07) is 67.8. The lowest BCUT2D eigenvalue weighted by Crippen LogP contribution is -2.03. The van der Waals surface area contributed by atoms with Gasteiger partial charge in [-0.2, -0.15) is 0 Å². The van der Waals surface area contributed by atoms with Crippen LogP contribution >= 0.6 is 11.3 Å². The van der Waals surface area contributed by atoms with Gasteiger partial charge in [0.15, 0.2) is 0 Å². The maximum atomic E-state index is 5.57. The van der Waals surface area contributed by atoms with Gasteiger partial charge >= 0.3 is 0 Å². The highest BCUT2D eigenvalue weighted by Gasteiger charge is 2.22. The molecule has 54 heavy (non-hydrogen) atoms. The van der Waals surface area contributed by atoms with Crippen molar-refractivity contribution in [1.29, 1.82) is 0 Å². The first kappa shape index (κ1) is 32.1. The molecule has 0 spiro atoms. The molecule has 2 heteroatoms. The Balaban J connectivity index is 1.17. The van der Waals surface area contributed by atoms with Crippen LogP contribution in [0.5, 0.6) is 0 Å². The summed E-state index contributed by atoms with van der Waals surface area (Å²) in [6.07, 6.45) is 2.84. The van der Waals surface area contributed by atoms with Crippen molar-refractivity contribution in [2.24, 2.45) is 4.99 Å². The predicted octanol–water partition coefficient (Wildman–Crippen LogP) is 14.4. The highest BCUT2D eigenvalue weighted by molar-refractivity contribution is 7.25. The van der Waals surface area contributed by atoms with Crippen molar-refractivity contribution in [2.45, 2.75) is 12.5 Å². The van der Waals surface area contributed by atoms with Gasteiger partial charge in [-0.15, -0.1) is 17.1 Å². The normalized spacial score (nSPS) is 14.3. The second kappa shape index (κ2) is 13.8. The van der Waals surface area contributed by atoms with Gasteiger partial charge in [-0.25, -0.2) is 0 Å². The summed E-state index contributed by atoms with van der Waals surface area (Å²) < 4.78 is 2.63. The van der Waals surface area contributed by atoms with Gasteiger partial charge in [0.05, 0.1) is 11.8 Å². The lowest BCUT2D eigenvalue weighted by Gasteiger charge is -2.18. The Kier molecular flexibility index (Phi) is 8.19. The van der Waals surface area contributed by atoms with Crippen molar-refractivity contribution in [3.63, 3.8) is 0 Å². The van der Waals surface area contributed by atoms with Crippen molar-refractivity contribution in [3.8, 4) is 33.4 Å². The number of nitrogens with zero attached hydrogens (tertiary/aromatic N) is 1. The topological polar surface area (TPSA) is 12.4 Å². The summed E-state index contributed by atoms with van der Waals surface area (Å²) in [5.74, 6) is 0. The molecule has 0 saturated carbocycles. The zero-order valence-corrected chi connectivity index (χ0v) is 30.4. The molecule has 1 aliphatic rings. The maximum Gasteiger partial charge on any atom is 0.0803 e. The summed E-state index contributed by atoms with van der Waals surface area (Å²) in [7, 11) is 0. The molecule has 9 aromatic rings. The van der Waals surface area contributed by atoms with E-state index < -0.39 is 0 Å². The monoisotopic (exact) mass is 705 g/mol. The minimum atomic E-state index is -0.114. The minimum Gasteiger partial charge on any atom is -0.276 e. The molecule has 0 amide bonds. The minimum absolute atomic E-state index is 0.114. The molecule has 0 saturated heterocycles. The molecule has 1 aliphatic heterocycles. The van der Waals surface area contributed by atoms with Gasteiger partial charge in [0.25, 0.3) is 0 Å². The number of rotatable bonds is 6. The van der Waals surface area contributed by atoms with E-state index in [1.165, 1.54) is 75.5 Å². The van der Waals surface area contributed by atoms with E-state index in [9.17, 15) is 0 Å². The van der Waals surface area contributed by atoms with E-state index in [1.807, 2.05) is 11.3 Å². The third-order valence-corrected chi connectivity index (χ3v) is 11.8. The lowest BCUT2D eigenvalue weighted by molar-refractivity contribution is 0.758. The average Bonchev–Trinajstić information content (AvgIpc) is 3.48. The van der Waals surface area contributed by atoms with E-state index in [0.29, 0.717) is 0 Å². The third-order valence-electron chi connectivity index (χ3n) is 10.6. The second-order valence-electron chi connectivity index (χ2n) is 13.9. The molecule has 0 N–H and O–H groups in total. The molecular formula is C52H35NS. The Morgan fingerprint density at radius 1 is 0.463 bits per heavy atom. The summed E-state index contributed by atoms with van der Waals surface area (Å²) in [5.41, 5.74) is 16.7. The van der Waals surface area contributed by atoms with Crippen molar-refractivity contribution in [2.75, 3.05) is 0 Å². The number of aliphatic imine (C=N–C) groups is 1. The number of thiophene rings is 1. The fraction of sp³-hybridized carbons (Fsp3) is 0.0385. The van der Waals surface area contributed by atoms with Crippen LogP contribution in [-0.2, 0) is 0 Å². The van der Waals surface area contributed by atoms with Crippen LogP contribution in [0.15, 0.2) is 205 Å². The predicted molar refractivity (Wildman–Crippen MR) is 231 cm³/mol. The molecule has 1 aromatic heterocycles. The molecule has 2 heterocycles. The van der Waals surface area contributed by atoms with Crippen LogP contribution in [0.25, 0.3) is 69.9 Å². The van der Waals surface area contributed by atoms with Gasteiger partial charge in [-0.05, 0) is 79.5 Å². The van der Waals surface area contributed by atoms with E-state index in [4.69, 9.17) is 4.99 Å². The van der Waals surface area contributed by atoms with Crippen LogP contribution in [0.4, 0.5) is 0 Å². The van der Waals surface area contributed by atoms with Crippen molar-refractivity contribution >= 4 is 53.6 Å². The highest BCUT2D eigenvalue weighted by Crippen LogP contribution is 2.44. The lowest BCUT2D eigenvalue weighted by atomic mass is 9.87. The van der Waals surface area contributed by atoms with E-state index in [0.717, 1.165) is 23.3 Å². The number of hydrogen-bond donors (Lipinski definition) is 0. The Bertz CT molecular complexity index is 2940. The fourth-order valence-electron chi connectivity index (χ4n) is 8.06. The molecule has 0 fully saturated rings. The summed E-state index contributed by atoms with van der Waals surface area (Å²) in [5, 5.41) is 5.11. The van der Waals surface area contributed by atoms with E-state index in [-0.39, 0.29) is 6.04 Å². The molecule has 1 unspecified atom stereocenters. The van der Waals surface area contributed by atoms with Gasteiger partial charge in [-0.3, -0.25) is 4.99 Å². The molecule has 10 rings (SSSR count). The first-order valence-corrected chi connectivity index (χ1v) is 19.4.